The Morgan fingerprint density at radius 1 is 0.975 bits per heavy atom. The van der Waals surface area contributed by atoms with E-state index in [-0.39, 0.29) is 11.5 Å². The van der Waals surface area contributed by atoms with Gasteiger partial charge in [0.15, 0.2) is 6.29 Å². The third-order valence-corrected chi connectivity index (χ3v) is 13.8. The van der Waals surface area contributed by atoms with Crippen molar-refractivity contribution in [3.05, 3.63) is 11.6 Å². The summed E-state index contributed by atoms with van der Waals surface area (Å²) in [4.78, 5) is 2.98. The number of piperidine rings is 1. The van der Waals surface area contributed by atoms with Gasteiger partial charge in [-0.05, 0) is 104 Å². The lowest BCUT2D eigenvalue weighted by Crippen LogP contribution is -2.60. The van der Waals surface area contributed by atoms with Crippen molar-refractivity contribution in [1.29, 1.82) is 0 Å². The molecule has 0 amide bonds. The zero-order chi connectivity index (χ0) is 28.1. The van der Waals surface area contributed by atoms with Crippen LogP contribution < -0.4 is 0 Å². The summed E-state index contributed by atoms with van der Waals surface area (Å²) in [5, 5.41) is 40.4. The lowest BCUT2D eigenvalue weighted by atomic mass is 9.47. The zero-order valence-corrected chi connectivity index (χ0v) is 25.0. The second kappa shape index (κ2) is 10.0. The SMILES string of the molecule is C[C@H]1CC[C@@H]2[C@@H](C)[C@H]3[C@H](C[C@@H]4[C@H]5CC=C6C[C@@H](O[C@H]7O[C@@H](CO)[C@H](O)[C@@H](O)[C@@H]7O)CC[C@]6(C)[C@@H]5CC[C@]34C)N2C1. The minimum atomic E-state index is -1.40. The van der Waals surface area contributed by atoms with E-state index in [0.717, 1.165) is 66.9 Å². The van der Waals surface area contributed by atoms with Crippen LogP contribution >= 0.6 is 0 Å². The molecule has 0 radical (unpaired) electrons. The van der Waals surface area contributed by atoms with Crippen molar-refractivity contribution in [3.8, 4) is 0 Å². The van der Waals surface area contributed by atoms with Crippen molar-refractivity contribution < 1.29 is 29.9 Å². The molecule has 6 fully saturated rings. The van der Waals surface area contributed by atoms with Gasteiger partial charge in [0.05, 0.1) is 12.7 Å². The van der Waals surface area contributed by atoms with Crippen LogP contribution in [0.15, 0.2) is 11.6 Å². The quantitative estimate of drug-likeness (QED) is 0.393. The lowest BCUT2D eigenvalue weighted by molar-refractivity contribution is -0.313. The molecule has 0 spiro atoms. The van der Waals surface area contributed by atoms with Crippen LogP contribution in [0.25, 0.3) is 0 Å². The maximum Gasteiger partial charge on any atom is 0.186 e. The molecule has 7 aliphatic rings. The van der Waals surface area contributed by atoms with E-state index >= 15 is 0 Å². The van der Waals surface area contributed by atoms with Gasteiger partial charge in [-0.2, -0.15) is 0 Å². The Hall–Kier alpha value is -0.540. The van der Waals surface area contributed by atoms with Crippen LogP contribution in [0.2, 0.25) is 0 Å². The third-order valence-electron chi connectivity index (χ3n) is 13.8. The van der Waals surface area contributed by atoms with Crippen molar-refractivity contribution in [2.45, 2.75) is 134 Å². The first kappa shape index (κ1) is 28.2. The van der Waals surface area contributed by atoms with Crippen LogP contribution in [-0.4, -0.2) is 87.4 Å². The summed E-state index contributed by atoms with van der Waals surface area (Å²) >= 11 is 0. The average Bonchev–Trinajstić information content (AvgIpc) is 3.40. The Bertz CT molecular complexity index is 1000. The average molecular weight is 560 g/mol. The molecule has 0 aromatic heterocycles. The van der Waals surface area contributed by atoms with Gasteiger partial charge in [0.2, 0.25) is 0 Å². The molecule has 4 aliphatic carbocycles. The van der Waals surface area contributed by atoms with Crippen molar-refractivity contribution in [2.24, 2.45) is 46.3 Å². The Morgan fingerprint density at radius 3 is 2.55 bits per heavy atom. The summed E-state index contributed by atoms with van der Waals surface area (Å²) < 4.78 is 11.9. The van der Waals surface area contributed by atoms with Crippen molar-refractivity contribution in [2.75, 3.05) is 13.2 Å². The minimum Gasteiger partial charge on any atom is -0.394 e. The molecule has 3 aliphatic heterocycles. The van der Waals surface area contributed by atoms with Gasteiger partial charge in [-0.1, -0.05) is 39.3 Å². The second-order valence-electron chi connectivity index (χ2n) is 15.6. The van der Waals surface area contributed by atoms with Crippen molar-refractivity contribution in [1.82, 2.24) is 4.90 Å². The molecular formula is C33H53NO6. The van der Waals surface area contributed by atoms with Crippen molar-refractivity contribution >= 4 is 0 Å². The highest BCUT2D eigenvalue weighted by Crippen LogP contribution is 2.70. The van der Waals surface area contributed by atoms with Gasteiger partial charge in [-0.15, -0.1) is 0 Å². The summed E-state index contributed by atoms with van der Waals surface area (Å²) in [6.45, 7) is 11.1. The van der Waals surface area contributed by atoms with E-state index in [9.17, 15) is 20.4 Å². The minimum absolute atomic E-state index is 0.101. The number of aliphatic hydroxyl groups excluding tert-OH is 4. The van der Waals surface area contributed by atoms with Crippen molar-refractivity contribution in [3.63, 3.8) is 0 Å². The standard InChI is InChI=1S/C33H53NO6/c1-17-5-8-24-18(2)27-25(34(24)15-17)14-23-21-7-6-19-13-20(9-11-32(19,3)22(21)10-12-33(23,27)4)39-31-30(38)29(37)28(36)26(16-35)40-31/h6,17-18,20-31,35-38H,5,7-16H2,1-4H3/t17-,18+,20-,21-,22+,23+,24+,25-,26-,27-,28-,29+,30-,31-,32-,33-/m0/s1. The van der Waals surface area contributed by atoms with Crippen LogP contribution in [0.5, 0.6) is 0 Å². The summed E-state index contributed by atoms with van der Waals surface area (Å²) in [6.07, 6.45) is 7.27. The summed E-state index contributed by atoms with van der Waals surface area (Å²) in [5.74, 6) is 4.83. The molecule has 16 atom stereocenters. The fraction of sp³-hybridized carbons (Fsp3) is 0.939. The smallest absolute Gasteiger partial charge is 0.186 e. The first-order valence-electron chi connectivity index (χ1n) is 16.5. The maximum absolute atomic E-state index is 10.5. The molecule has 0 unspecified atom stereocenters. The highest BCUT2D eigenvalue weighted by molar-refractivity contribution is 5.27. The normalized spacial score (nSPS) is 57.9. The van der Waals surface area contributed by atoms with E-state index in [1.165, 1.54) is 50.6 Å². The first-order chi connectivity index (χ1) is 19.1. The molecule has 0 aromatic rings. The molecule has 3 saturated heterocycles. The van der Waals surface area contributed by atoms with Gasteiger partial charge < -0.3 is 29.9 Å². The van der Waals surface area contributed by atoms with Gasteiger partial charge in [0, 0.05) is 18.6 Å². The zero-order valence-electron chi connectivity index (χ0n) is 25.0. The second-order valence-corrected chi connectivity index (χ2v) is 15.6. The molecule has 3 saturated carbocycles. The van der Waals surface area contributed by atoms with Gasteiger partial charge in [-0.25, -0.2) is 0 Å². The van der Waals surface area contributed by atoms with Gasteiger partial charge >= 0.3 is 0 Å². The van der Waals surface area contributed by atoms with Crippen LogP contribution in [0.3, 0.4) is 0 Å². The third kappa shape index (κ3) is 4.01. The number of hydrogen-bond donors (Lipinski definition) is 4. The Kier molecular flexibility index (Phi) is 7.06. The van der Waals surface area contributed by atoms with E-state index in [4.69, 9.17) is 9.47 Å². The van der Waals surface area contributed by atoms with Crippen LogP contribution in [0.1, 0.15) is 85.5 Å². The summed E-state index contributed by atoms with van der Waals surface area (Å²) in [5.41, 5.74) is 2.18. The molecule has 4 N–H and O–H groups in total. The van der Waals surface area contributed by atoms with Crippen LogP contribution in [0, 0.1) is 46.3 Å². The first-order valence-corrected chi connectivity index (χ1v) is 16.5. The Morgan fingerprint density at radius 2 is 1.77 bits per heavy atom. The van der Waals surface area contributed by atoms with Gasteiger partial charge in [0.25, 0.3) is 0 Å². The van der Waals surface area contributed by atoms with E-state index in [0.29, 0.717) is 5.41 Å². The molecule has 40 heavy (non-hydrogen) atoms. The molecular weight excluding hydrogens is 506 g/mol. The molecule has 0 bridgehead atoms. The fourth-order valence-electron chi connectivity index (χ4n) is 11.9. The number of nitrogens with zero attached hydrogens (tertiary/aromatic N) is 1. The Labute approximate surface area is 240 Å². The largest absolute Gasteiger partial charge is 0.394 e. The predicted molar refractivity (Wildman–Crippen MR) is 151 cm³/mol. The molecule has 7 rings (SSSR count). The highest BCUT2D eigenvalue weighted by atomic mass is 16.7. The van der Waals surface area contributed by atoms with E-state index in [2.05, 4.69) is 38.7 Å². The monoisotopic (exact) mass is 559 g/mol. The number of fused-ring (bicyclic) bond motifs is 9. The molecule has 0 aromatic carbocycles. The van der Waals surface area contributed by atoms with E-state index in [1.54, 1.807) is 0 Å². The molecule has 7 heteroatoms. The number of hydrogen-bond acceptors (Lipinski definition) is 7. The van der Waals surface area contributed by atoms with Crippen LogP contribution in [0.4, 0.5) is 0 Å². The maximum atomic E-state index is 10.5. The highest BCUT2D eigenvalue weighted by Gasteiger charge is 2.66. The van der Waals surface area contributed by atoms with Gasteiger partial charge in [0.1, 0.15) is 24.4 Å². The molecule has 7 nitrogen and oxygen atoms in total. The molecule has 3 heterocycles. The number of ether oxygens (including phenoxy) is 2. The fourth-order valence-corrected chi connectivity index (χ4v) is 11.9. The number of aliphatic hydroxyl groups is 4. The van der Waals surface area contributed by atoms with Crippen LogP contribution in [-0.2, 0) is 9.47 Å². The Balaban J connectivity index is 1.07. The van der Waals surface area contributed by atoms with E-state index in [1.807, 2.05) is 0 Å². The summed E-state index contributed by atoms with van der Waals surface area (Å²) in [6, 6.07) is 1.60. The van der Waals surface area contributed by atoms with Gasteiger partial charge in [-0.3, -0.25) is 4.90 Å². The number of rotatable bonds is 3. The van der Waals surface area contributed by atoms with E-state index < -0.39 is 37.3 Å². The summed E-state index contributed by atoms with van der Waals surface area (Å²) in [7, 11) is 0. The number of allylic oxidation sites excluding steroid dienone is 1. The molecule has 226 valence electrons. The lowest BCUT2D eigenvalue weighted by Gasteiger charge is -2.58. The topological polar surface area (TPSA) is 103 Å². The predicted octanol–water partition coefficient (Wildman–Crippen LogP) is 3.48.